The lowest BCUT2D eigenvalue weighted by atomic mass is 10.2. The van der Waals surface area contributed by atoms with Crippen LogP contribution in [0.4, 0.5) is 5.69 Å². The summed E-state index contributed by atoms with van der Waals surface area (Å²) in [5.41, 5.74) is 3.61. The van der Waals surface area contributed by atoms with E-state index in [0.29, 0.717) is 12.6 Å². The number of nitrogens with zero attached hydrogens (tertiary/aromatic N) is 3. The molecule has 2 heterocycles. The molecule has 6 nitrogen and oxygen atoms in total. The van der Waals surface area contributed by atoms with E-state index < -0.39 is 0 Å². The van der Waals surface area contributed by atoms with Gasteiger partial charge in [-0.05, 0) is 38.5 Å². The number of aliphatic imine (C=N–C) groups is 1. The molecule has 1 unspecified atom stereocenters. The van der Waals surface area contributed by atoms with E-state index >= 15 is 0 Å². The van der Waals surface area contributed by atoms with Crippen molar-refractivity contribution in [2.45, 2.75) is 32.9 Å². The molecule has 1 aliphatic heterocycles. The van der Waals surface area contributed by atoms with E-state index in [1.54, 1.807) is 6.20 Å². The van der Waals surface area contributed by atoms with Crippen molar-refractivity contribution >= 4 is 11.6 Å². The highest BCUT2D eigenvalue weighted by atomic mass is 15.2. The molecular weight excluding hydrogens is 300 g/mol. The Morgan fingerprint density at radius 1 is 1.33 bits per heavy atom. The third kappa shape index (κ3) is 4.28. The average Bonchev–Trinajstić information content (AvgIpc) is 3.25. The van der Waals surface area contributed by atoms with Crippen molar-refractivity contribution in [1.82, 2.24) is 20.8 Å². The summed E-state index contributed by atoms with van der Waals surface area (Å²) in [4.78, 5) is 7.06. The van der Waals surface area contributed by atoms with Gasteiger partial charge in [-0.15, -0.1) is 0 Å². The van der Waals surface area contributed by atoms with Crippen molar-refractivity contribution in [2.75, 3.05) is 24.5 Å². The van der Waals surface area contributed by atoms with Crippen LogP contribution in [0.25, 0.3) is 0 Å². The minimum absolute atomic E-state index is 0.408. The molecule has 0 saturated carbocycles. The second kappa shape index (κ2) is 7.86. The third-order valence-corrected chi connectivity index (χ3v) is 4.24. The summed E-state index contributed by atoms with van der Waals surface area (Å²) in [6.45, 7) is 7.72. The Labute approximate surface area is 143 Å². The first kappa shape index (κ1) is 16.4. The van der Waals surface area contributed by atoms with Crippen LogP contribution in [0.3, 0.4) is 0 Å². The van der Waals surface area contributed by atoms with Gasteiger partial charge in [-0.2, -0.15) is 5.10 Å². The van der Waals surface area contributed by atoms with Crippen molar-refractivity contribution in [1.29, 1.82) is 0 Å². The monoisotopic (exact) mass is 326 g/mol. The predicted molar refractivity (Wildman–Crippen MR) is 98.3 cm³/mol. The van der Waals surface area contributed by atoms with Crippen LogP contribution in [0.15, 0.2) is 41.5 Å². The van der Waals surface area contributed by atoms with E-state index in [2.05, 4.69) is 68.8 Å². The lowest BCUT2D eigenvalue weighted by molar-refractivity contribution is 0.648. The number of hydrogen-bond donors (Lipinski definition) is 3. The minimum Gasteiger partial charge on any atom is -0.369 e. The summed E-state index contributed by atoms with van der Waals surface area (Å²) in [5, 5.41) is 13.8. The highest BCUT2D eigenvalue weighted by Gasteiger charge is 2.23. The highest BCUT2D eigenvalue weighted by molar-refractivity contribution is 5.80. The van der Waals surface area contributed by atoms with E-state index in [1.165, 1.54) is 11.3 Å². The van der Waals surface area contributed by atoms with Crippen LogP contribution in [0.1, 0.15) is 24.6 Å². The Bertz CT molecular complexity index is 647. The summed E-state index contributed by atoms with van der Waals surface area (Å²) < 4.78 is 0. The smallest absolute Gasteiger partial charge is 0.191 e. The Kier molecular flexibility index (Phi) is 5.36. The van der Waals surface area contributed by atoms with Crippen LogP contribution in [0.5, 0.6) is 0 Å². The second-order valence-electron chi connectivity index (χ2n) is 6.19. The first-order valence-corrected chi connectivity index (χ1v) is 8.59. The maximum Gasteiger partial charge on any atom is 0.191 e. The molecule has 0 radical (unpaired) electrons. The number of nitrogens with one attached hydrogen (secondary N) is 3. The molecule has 3 rings (SSSR count). The third-order valence-electron chi connectivity index (χ3n) is 4.24. The number of aromatic nitrogens is 2. The number of anilines is 1. The average molecular weight is 326 g/mol. The van der Waals surface area contributed by atoms with Gasteiger partial charge in [0.2, 0.25) is 0 Å². The van der Waals surface area contributed by atoms with Crippen LogP contribution in [0.2, 0.25) is 0 Å². The summed E-state index contributed by atoms with van der Waals surface area (Å²) in [6, 6.07) is 11.1. The fraction of sp³-hybridized carbons (Fsp3) is 0.444. The fourth-order valence-corrected chi connectivity index (χ4v) is 2.92. The van der Waals surface area contributed by atoms with Crippen molar-refractivity contribution in [3.8, 4) is 0 Å². The fourth-order valence-electron chi connectivity index (χ4n) is 2.92. The van der Waals surface area contributed by atoms with Gasteiger partial charge in [-0.25, -0.2) is 4.99 Å². The van der Waals surface area contributed by atoms with E-state index in [9.17, 15) is 0 Å². The molecule has 3 N–H and O–H groups in total. The lowest BCUT2D eigenvalue weighted by Crippen LogP contribution is -2.44. The number of benzene rings is 1. The quantitative estimate of drug-likeness (QED) is 0.581. The van der Waals surface area contributed by atoms with Gasteiger partial charge >= 0.3 is 0 Å². The van der Waals surface area contributed by atoms with Gasteiger partial charge in [-0.3, -0.25) is 5.10 Å². The predicted octanol–water partition coefficient (Wildman–Crippen LogP) is 2.05. The molecule has 6 heteroatoms. The first-order valence-electron chi connectivity index (χ1n) is 8.59. The number of guanidine groups is 1. The molecule has 1 saturated heterocycles. The zero-order valence-electron chi connectivity index (χ0n) is 14.4. The normalized spacial score (nSPS) is 18.0. The van der Waals surface area contributed by atoms with Crippen molar-refractivity contribution in [3.63, 3.8) is 0 Å². The molecular formula is C18H26N6. The molecule has 1 aliphatic rings. The molecule has 0 amide bonds. The number of rotatable bonds is 5. The van der Waals surface area contributed by atoms with Gasteiger partial charge < -0.3 is 15.5 Å². The highest BCUT2D eigenvalue weighted by Crippen LogP contribution is 2.20. The second-order valence-corrected chi connectivity index (χ2v) is 6.19. The van der Waals surface area contributed by atoms with E-state index in [-0.39, 0.29) is 0 Å². The molecule has 2 aromatic rings. The topological polar surface area (TPSA) is 68.3 Å². The van der Waals surface area contributed by atoms with Crippen LogP contribution in [-0.2, 0) is 6.54 Å². The van der Waals surface area contributed by atoms with Gasteiger partial charge in [0.1, 0.15) is 0 Å². The molecule has 1 atom stereocenters. The first-order chi connectivity index (χ1) is 11.7. The largest absolute Gasteiger partial charge is 0.369 e. The molecule has 1 aromatic carbocycles. The zero-order valence-corrected chi connectivity index (χ0v) is 14.4. The SMILES string of the molecule is CCNC(=NCc1ccn[nH]1)NC1CCN(c2ccc(C)cc2)C1. The molecule has 24 heavy (non-hydrogen) atoms. The maximum atomic E-state index is 4.63. The number of aromatic amines is 1. The van der Waals surface area contributed by atoms with E-state index in [4.69, 9.17) is 0 Å². The molecule has 1 aromatic heterocycles. The standard InChI is InChI=1S/C18H26N6/c1-3-19-18(20-12-15-8-10-21-23-15)22-16-9-11-24(13-16)17-6-4-14(2)5-7-17/h4-8,10,16H,3,9,11-13H2,1-2H3,(H,21,23)(H2,19,20,22). The summed E-state index contributed by atoms with van der Waals surface area (Å²) in [5.74, 6) is 0.864. The Morgan fingerprint density at radius 3 is 2.88 bits per heavy atom. The van der Waals surface area contributed by atoms with Gasteiger partial charge in [0.05, 0.1) is 12.2 Å². The van der Waals surface area contributed by atoms with Crippen molar-refractivity contribution in [2.24, 2.45) is 4.99 Å². The minimum atomic E-state index is 0.408. The number of H-pyrrole nitrogens is 1. The molecule has 0 bridgehead atoms. The molecule has 1 fully saturated rings. The van der Waals surface area contributed by atoms with Gasteiger partial charge in [0.15, 0.2) is 5.96 Å². The van der Waals surface area contributed by atoms with Crippen molar-refractivity contribution < 1.29 is 0 Å². The molecule has 0 aliphatic carbocycles. The summed E-state index contributed by atoms with van der Waals surface area (Å²) in [6.07, 6.45) is 2.87. The van der Waals surface area contributed by atoms with Gasteiger partial charge in [-0.1, -0.05) is 17.7 Å². The van der Waals surface area contributed by atoms with E-state index in [1.807, 2.05) is 6.07 Å². The van der Waals surface area contributed by atoms with Crippen molar-refractivity contribution in [3.05, 3.63) is 47.8 Å². The Balaban J connectivity index is 1.57. The maximum absolute atomic E-state index is 4.63. The molecule has 128 valence electrons. The molecule has 0 spiro atoms. The van der Waals surface area contributed by atoms with Crippen LogP contribution < -0.4 is 15.5 Å². The zero-order chi connectivity index (χ0) is 16.8. The van der Waals surface area contributed by atoms with Gasteiger partial charge in [0.25, 0.3) is 0 Å². The van der Waals surface area contributed by atoms with Crippen LogP contribution in [-0.4, -0.2) is 41.8 Å². The lowest BCUT2D eigenvalue weighted by Gasteiger charge is -2.20. The number of aryl methyl sites for hydroxylation is 1. The van der Waals surface area contributed by atoms with E-state index in [0.717, 1.165) is 37.7 Å². The number of hydrogen-bond acceptors (Lipinski definition) is 3. The summed E-state index contributed by atoms with van der Waals surface area (Å²) in [7, 11) is 0. The summed E-state index contributed by atoms with van der Waals surface area (Å²) >= 11 is 0. The van der Waals surface area contributed by atoms with Gasteiger partial charge in [0, 0.05) is 37.6 Å². The Hall–Kier alpha value is -2.50. The van der Waals surface area contributed by atoms with Crippen LogP contribution >= 0.6 is 0 Å². The van der Waals surface area contributed by atoms with Crippen LogP contribution in [0, 0.1) is 6.92 Å². The Morgan fingerprint density at radius 2 is 2.17 bits per heavy atom.